The van der Waals surface area contributed by atoms with Crippen molar-refractivity contribution in [3.8, 4) is 6.01 Å². The summed E-state index contributed by atoms with van der Waals surface area (Å²) in [5.41, 5.74) is 3.91. The van der Waals surface area contributed by atoms with E-state index >= 15 is 0 Å². The summed E-state index contributed by atoms with van der Waals surface area (Å²) in [7, 11) is 1.62. The first kappa shape index (κ1) is 22.3. The van der Waals surface area contributed by atoms with Gasteiger partial charge >= 0.3 is 6.01 Å². The summed E-state index contributed by atoms with van der Waals surface area (Å²) < 4.78 is 18.0. The van der Waals surface area contributed by atoms with E-state index in [4.69, 9.17) is 14.2 Å². The zero-order chi connectivity index (χ0) is 22.2. The molecule has 32 heavy (non-hydrogen) atoms. The maximum Gasteiger partial charge on any atom is 0.304 e. The second-order valence-electron chi connectivity index (χ2n) is 7.93. The number of methoxy groups -OCH3 is 1. The Bertz CT molecular complexity index is 1010. The molecule has 170 valence electrons. The maximum absolute atomic E-state index is 13.3. The highest BCUT2D eigenvalue weighted by Gasteiger charge is 2.20. The van der Waals surface area contributed by atoms with E-state index in [-0.39, 0.29) is 5.91 Å². The second kappa shape index (κ2) is 11.1. The summed E-state index contributed by atoms with van der Waals surface area (Å²) >= 11 is 0. The third kappa shape index (κ3) is 5.47. The quantitative estimate of drug-likeness (QED) is 0.448. The van der Waals surface area contributed by atoms with Crippen LogP contribution in [0.15, 0.2) is 48.5 Å². The number of hydrogen-bond donors (Lipinski definition) is 0. The van der Waals surface area contributed by atoms with Gasteiger partial charge in [-0.3, -0.25) is 4.79 Å². The fourth-order valence-electron chi connectivity index (χ4n) is 3.98. The number of carbonyl (C=O) groups excluding carboxylic acids is 1. The average Bonchev–Trinajstić information content (AvgIpc) is 3.20. The number of unbranched alkanes of at least 4 members (excludes halogenated alkanes) is 1. The summed E-state index contributed by atoms with van der Waals surface area (Å²) in [6.07, 6.45) is 3.19. The fraction of sp³-hybridized carbons (Fsp3) is 0.440. The van der Waals surface area contributed by atoms with Crippen LogP contribution >= 0.6 is 0 Å². The molecule has 2 aromatic carbocycles. The Labute approximate surface area is 188 Å². The average molecular weight is 438 g/mol. The number of aromatic nitrogens is 2. The number of anilines is 1. The number of morpholine rings is 1. The van der Waals surface area contributed by atoms with Gasteiger partial charge in [0, 0.05) is 32.3 Å². The van der Waals surface area contributed by atoms with Crippen molar-refractivity contribution >= 4 is 22.6 Å². The fourth-order valence-corrected chi connectivity index (χ4v) is 3.98. The number of benzene rings is 2. The Kier molecular flexibility index (Phi) is 7.74. The molecule has 0 bridgehead atoms. The van der Waals surface area contributed by atoms with E-state index in [0.29, 0.717) is 38.9 Å². The minimum absolute atomic E-state index is 0.00658. The van der Waals surface area contributed by atoms with Gasteiger partial charge in [-0.15, -0.1) is 0 Å². The Hall–Kier alpha value is -2.90. The minimum atomic E-state index is 0.00658. The highest BCUT2D eigenvalue weighted by atomic mass is 16.5. The Morgan fingerprint density at radius 1 is 1.06 bits per heavy atom. The molecule has 1 saturated heterocycles. The molecule has 0 atom stereocenters. The number of ether oxygens (including phenoxy) is 3. The van der Waals surface area contributed by atoms with Gasteiger partial charge in [-0.1, -0.05) is 30.3 Å². The second-order valence-corrected chi connectivity index (χ2v) is 7.93. The lowest BCUT2D eigenvalue weighted by atomic mass is 10.1. The van der Waals surface area contributed by atoms with Gasteiger partial charge in [0.05, 0.1) is 30.9 Å². The zero-order valence-corrected chi connectivity index (χ0v) is 18.7. The monoisotopic (exact) mass is 437 g/mol. The first-order valence-electron chi connectivity index (χ1n) is 11.3. The van der Waals surface area contributed by atoms with Gasteiger partial charge in [0.25, 0.3) is 0 Å². The van der Waals surface area contributed by atoms with Crippen LogP contribution in [0.5, 0.6) is 6.01 Å². The normalized spacial score (nSPS) is 14.1. The smallest absolute Gasteiger partial charge is 0.304 e. The molecule has 0 radical (unpaired) electrons. The molecule has 2 heterocycles. The van der Waals surface area contributed by atoms with E-state index in [0.717, 1.165) is 49.1 Å². The molecular formula is C25H31N3O4. The number of carbonyl (C=O) groups is 1. The Morgan fingerprint density at radius 3 is 2.66 bits per heavy atom. The van der Waals surface area contributed by atoms with E-state index in [1.54, 1.807) is 11.7 Å². The van der Waals surface area contributed by atoms with Gasteiger partial charge in [-0.05, 0) is 43.0 Å². The van der Waals surface area contributed by atoms with Crippen LogP contribution in [-0.2, 0) is 15.9 Å². The third-order valence-corrected chi connectivity index (χ3v) is 5.70. The molecule has 0 unspecified atom stereocenters. The van der Waals surface area contributed by atoms with Crippen molar-refractivity contribution in [2.75, 3.05) is 51.5 Å². The lowest BCUT2D eigenvalue weighted by molar-refractivity contribution is 0.0877. The molecule has 0 amide bonds. The molecule has 7 heteroatoms. The molecule has 7 nitrogen and oxygen atoms in total. The van der Waals surface area contributed by atoms with Crippen LogP contribution in [0, 0.1) is 0 Å². The Morgan fingerprint density at radius 2 is 1.88 bits per heavy atom. The van der Waals surface area contributed by atoms with E-state index in [1.165, 1.54) is 5.56 Å². The molecule has 0 spiro atoms. The highest BCUT2D eigenvalue weighted by molar-refractivity contribution is 5.93. The molecule has 0 aliphatic carbocycles. The van der Waals surface area contributed by atoms with Gasteiger partial charge in [-0.2, -0.15) is 4.98 Å². The van der Waals surface area contributed by atoms with Gasteiger partial charge in [0.15, 0.2) is 0 Å². The maximum atomic E-state index is 13.3. The topological polar surface area (TPSA) is 65.8 Å². The summed E-state index contributed by atoms with van der Waals surface area (Å²) in [5.74, 6) is 0.00658. The molecule has 0 N–H and O–H groups in total. The molecule has 3 aromatic rings. The molecule has 4 rings (SSSR count). The molecule has 1 fully saturated rings. The first-order valence-corrected chi connectivity index (χ1v) is 11.3. The standard InChI is InChI=1S/C25H31N3O4/c1-30-17-18-32-25-26-22-12-11-21(27-13-15-31-16-14-27)19-23(22)28(25)24(29)10-6-5-9-20-7-3-2-4-8-20/h2-4,7-8,11-12,19H,5-6,9-10,13-18H2,1H3. The van der Waals surface area contributed by atoms with Crippen LogP contribution in [0.2, 0.25) is 0 Å². The minimum Gasteiger partial charge on any atom is -0.462 e. The van der Waals surface area contributed by atoms with Crippen LogP contribution < -0.4 is 9.64 Å². The van der Waals surface area contributed by atoms with Crippen molar-refractivity contribution in [2.24, 2.45) is 0 Å². The highest BCUT2D eigenvalue weighted by Crippen LogP contribution is 2.27. The van der Waals surface area contributed by atoms with E-state index in [2.05, 4.69) is 22.0 Å². The van der Waals surface area contributed by atoms with Crippen LogP contribution in [0.25, 0.3) is 11.0 Å². The van der Waals surface area contributed by atoms with Crippen LogP contribution in [-0.4, -0.2) is 62.1 Å². The zero-order valence-electron chi connectivity index (χ0n) is 18.7. The van der Waals surface area contributed by atoms with Crippen molar-refractivity contribution in [3.63, 3.8) is 0 Å². The van der Waals surface area contributed by atoms with Gasteiger partial charge < -0.3 is 19.1 Å². The SMILES string of the molecule is COCCOc1nc2ccc(N3CCOCC3)cc2n1C(=O)CCCCc1ccccc1. The lowest BCUT2D eigenvalue weighted by Crippen LogP contribution is -2.36. The van der Waals surface area contributed by atoms with E-state index in [9.17, 15) is 4.79 Å². The first-order chi connectivity index (χ1) is 15.8. The molecule has 1 aromatic heterocycles. The van der Waals surface area contributed by atoms with Crippen molar-refractivity contribution in [1.82, 2.24) is 9.55 Å². The van der Waals surface area contributed by atoms with Gasteiger partial charge in [-0.25, -0.2) is 4.57 Å². The number of aryl methyl sites for hydroxylation is 1. The summed E-state index contributed by atoms with van der Waals surface area (Å²) in [4.78, 5) is 20.1. The van der Waals surface area contributed by atoms with Crippen molar-refractivity contribution < 1.29 is 19.0 Å². The predicted molar refractivity (Wildman–Crippen MR) is 125 cm³/mol. The number of imidazole rings is 1. The van der Waals surface area contributed by atoms with Crippen molar-refractivity contribution in [2.45, 2.75) is 25.7 Å². The predicted octanol–water partition coefficient (Wildman–Crippen LogP) is 3.95. The van der Waals surface area contributed by atoms with Crippen LogP contribution in [0.1, 0.15) is 29.6 Å². The van der Waals surface area contributed by atoms with Crippen LogP contribution in [0.4, 0.5) is 5.69 Å². The summed E-state index contributed by atoms with van der Waals surface area (Å²) in [5, 5.41) is 0. The van der Waals surface area contributed by atoms with Crippen molar-refractivity contribution in [3.05, 3.63) is 54.1 Å². The van der Waals surface area contributed by atoms with Crippen molar-refractivity contribution in [1.29, 1.82) is 0 Å². The molecule has 1 aliphatic heterocycles. The molecule has 0 saturated carbocycles. The largest absolute Gasteiger partial charge is 0.462 e. The van der Waals surface area contributed by atoms with Gasteiger partial charge in [0.1, 0.15) is 6.61 Å². The van der Waals surface area contributed by atoms with Crippen LogP contribution in [0.3, 0.4) is 0 Å². The number of hydrogen-bond acceptors (Lipinski definition) is 6. The third-order valence-electron chi connectivity index (χ3n) is 5.70. The lowest BCUT2D eigenvalue weighted by Gasteiger charge is -2.28. The van der Waals surface area contributed by atoms with E-state index < -0.39 is 0 Å². The number of fused-ring (bicyclic) bond motifs is 1. The summed E-state index contributed by atoms with van der Waals surface area (Å²) in [6, 6.07) is 16.8. The summed E-state index contributed by atoms with van der Waals surface area (Å²) in [6.45, 7) is 3.88. The number of rotatable bonds is 10. The molecular weight excluding hydrogens is 406 g/mol. The molecule has 1 aliphatic rings. The number of nitrogens with zero attached hydrogens (tertiary/aromatic N) is 3. The van der Waals surface area contributed by atoms with Gasteiger partial charge in [0.2, 0.25) is 5.91 Å². The Balaban J connectivity index is 1.51. The van der Waals surface area contributed by atoms with E-state index in [1.807, 2.05) is 36.4 Å².